The first kappa shape index (κ1) is 14.1. The smallest absolute Gasteiger partial charge is 0.236 e. The molecule has 5 nitrogen and oxygen atoms in total. The predicted molar refractivity (Wildman–Crippen MR) is 73.3 cm³/mol. The number of likely N-dealkylation sites (tertiary alicyclic amines) is 1. The molecule has 100 valence electrons. The molecule has 0 aromatic carbocycles. The Balaban J connectivity index is 1.72. The number of pyridine rings is 1. The van der Waals surface area contributed by atoms with Gasteiger partial charge < -0.3 is 0 Å². The molecule has 7 heteroatoms. The van der Waals surface area contributed by atoms with E-state index in [0.29, 0.717) is 5.75 Å². The van der Waals surface area contributed by atoms with Crippen LogP contribution in [0.5, 0.6) is 0 Å². The Bertz CT molecular complexity index is 477. The van der Waals surface area contributed by atoms with Gasteiger partial charge in [0, 0.05) is 31.2 Å². The number of carbonyl (C=O) groups excluding carboxylic acids is 3. The molecule has 0 spiro atoms. The first-order valence-corrected chi connectivity index (χ1v) is 8.09. The summed E-state index contributed by atoms with van der Waals surface area (Å²) in [6.45, 7) is 0. The summed E-state index contributed by atoms with van der Waals surface area (Å²) in [5, 5.41) is 0.869. The van der Waals surface area contributed by atoms with Crippen LogP contribution < -0.4 is 0 Å². The second-order valence-corrected chi connectivity index (χ2v) is 6.28. The third-order valence-electron chi connectivity index (χ3n) is 2.48. The molecule has 19 heavy (non-hydrogen) atoms. The largest absolute Gasteiger partial charge is 0.274 e. The number of hydrogen-bond acceptors (Lipinski definition) is 6. The number of nitrogens with zero attached hydrogens (tertiary/aromatic N) is 2. The molecular weight excluding hydrogens is 284 g/mol. The van der Waals surface area contributed by atoms with Crippen LogP contribution in [-0.4, -0.2) is 33.4 Å². The summed E-state index contributed by atoms with van der Waals surface area (Å²) in [6, 6.07) is 5.61. The number of aromatic nitrogens is 1. The average Bonchev–Trinajstić information content (AvgIpc) is 2.75. The monoisotopic (exact) mass is 296 g/mol. The van der Waals surface area contributed by atoms with E-state index in [1.807, 2.05) is 18.2 Å². The Hall–Kier alpha value is -1.34. The van der Waals surface area contributed by atoms with Crippen LogP contribution in [-0.2, 0) is 14.4 Å². The maximum atomic E-state index is 11.7. The van der Waals surface area contributed by atoms with Gasteiger partial charge in [0.1, 0.15) is 5.03 Å². The lowest BCUT2D eigenvalue weighted by Gasteiger charge is -2.10. The minimum Gasteiger partial charge on any atom is -0.274 e. The van der Waals surface area contributed by atoms with Crippen LogP contribution in [0.3, 0.4) is 0 Å². The van der Waals surface area contributed by atoms with Gasteiger partial charge in [0.25, 0.3) is 0 Å². The standard InChI is InChI=1S/C12H12N2O3S2/c15-10-4-5-11(16)14(10)12(17)6-8-18-19-9-3-1-2-7-13-9/h1-3,7H,4-6,8H2. The summed E-state index contributed by atoms with van der Waals surface area (Å²) in [7, 11) is 2.95. The highest BCUT2D eigenvalue weighted by Gasteiger charge is 2.33. The zero-order valence-corrected chi connectivity index (χ0v) is 11.7. The number of imide groups is 3. The molecule has 0 N–H and O–H groups in total. The van der Waals surface area contributed by atoms with Crippen molar-refractivity contribution in [1.29, 1.82) is 0 Å². The Morgan fingerprint density at radius 1 is 1.26 bits per heavy atom. The highest BCUT2D eigenvalue weighted by Crippen LogP contribution is 2.29. The molecule has 1 aliphatic rings. The molecule has 2 rings (SSSR count). The van der Waals surface area contributed by atoms with E-state index >= 15 is 0 Å². The topological polar surface area (TPSA) is 67.3 Å². The van der Waals surface area contributed by atoms with Crippen LogP contribution in [0.25, 0.3) is 0 Å². The van der Waals surface area contributed by atoms with E-state index in [0.717, 1.165) is 9.93 Å². The van der Waals surface area contributed by atoms with Gasteiger partial charge in [-0.2, -0.15) is 0 Å². The zero-order chi connectivity index (χ0) is 13.7. The van der Waals surface area contributed by atoms with E-state index < -0.39 is 5.91 Å². The highest BCUT2D eigenvalue weighted by molar-refractivity contribution is 8.76. The van der Waals surface area contributed by atoms with Crippen molar-refractivity contribution in [2.75, 3.05) is 5.75 Å². The Kier molecular flexibility index (Phi) is 4.98. The molecule has 1 aliphatic heterocycles. The van der Waals surface area contributed by atoms with Crippen molar-refractivity contribution in [2.24, 2.45) is 0 Å². The Morgan fingerprint density at radius 3 is 2.63 bits per heavy atom. The van der Waals surface area contributed by atoms with E-state index in [2.05, 4.69) is 4.98 Å². The molecular formula is C12H12N2O3S2. The Morgan fingerprint density at radius 2 is 2.00 bits per heavy atom. The van der Waals surface area contributed by atoms with Gasteiger partial charge in [0.05, 0.1) is 0 Å². The summed E-state index contributed by atoms with van der Waals surface area (Å²) in [6.07, 6.45) is 2.19. The molecule has 2 heterocycles. The van der Waals surface area contributed by atoms with Gasteiger partial charge >= 0.3 is 0 Å². The normalized spacial score (nSPS) is 15.1. The van der Waals surface area contributed by atoms with Crippen LogP contribution in [0.15, 0.2) is 29.4 Å². The van der Waals surface area contributed by atoms with Gasteiger partial charge in [-0.1, -0.05) is 16.9 Å². The fourth-order valence-electron chi connectivity index (χ4n) is 1.59. The molecule has 1 fully saturated rings. The quantitative estimate of drug-likeness (QED) is 0.469. The zero-order valence-electron chi connectivity index (χ0n) is 10.1. The Labute approximate surface area is 118 Å². The summed E-state index contributed by atoms with van der Waals surface area (Å²) in [5.41, 5.74) is 0. The first-order valence-electron chi connectivity index (χ1n) is 5.77. The van der Waals surface area contributed by atoms with E-state index in [1.54, 1.807) is 6.20 Å². The number of amides is 3. The maximum absolute atomic E-state index is 11.7. The molecule has 0 saturated carbocycles. The highest BCUT2D eigenvalue weighted by atomic mass is 33.1. The van der Waals surface area contributed by atoms with E-state index in [9.17, 15) is 14.4 Å². The van der Waals surface area contributed by atoms with E-state index in [1.165, 1.54) is 21.6 Å². The third kappa shape index (κ3) is 3.81. The van der Waals surface area contributed by atoms with Crippen molar-refractivity contribution in [3.63, 3.8) is 0 Å². The third-order valence-corrected chi connectivity index (χ3v) is 4.75. The van der Waals surface area contributed by atoms with Crippen molar-refractivity contribution in [2.45, 2.75) is 24.3 Å². The van der Waals surface area contributed by atoms with Crippen molar-refractivity contribution < 1.29 is 14.4 Å². The van der Waals surface area contributed by atoms with E-state index in [4.69, 9.17) is 0 Å². The number of carbonyl (C=O) groups is 3. The maximum Gasteiger partial charge on any atom is 0.236 e. The summed E-state index contributed by atoms with van der Waals surface area (Å²) < 4.78 is 0. The van der Waals surface area contributed by atoms with Gasteiger partial charge in [0.15, 0.2) is 0 Å². The average molecular weight is 296 g/mol. The van der Waals surface area contributed by atoms with E-state index in [-0.39, 0.29) is 31.1 Å². The predicted octanol–water partition coefficient (Wildman–Crippen LogP) is 1.89. The van der Waals surface area contributed by atoms with Crippen molar-refractivity contribution in [3.05, 3.63) is 24.4 Å². The molecule has 1 saturated heterocycles. The molecule has 0 radical (unpaired) electrons. The fraction of sp³-hybridized carbons (Fsp3) is 0.333. The van der Waals surface area contributed by atoms with Gasteiger partial charge in [-0.15, -0.1) is 0 Å². The summed E-state index contributed by atoms with van der Waals surface area (Å²) in [5.74, 6) is -0.617. The summed E-state index contributed by atoms with van der Waals surface area (Å²) >= 11 is 0. The minimum atomic E-state index is -0.401. The lowest BCUT2D eigenvalue weighted by atomic mass is 10.4. The SMILES string of the molecule is O=C(CCSSc1ccccn1)N1C(=O)CCC1=O. The van der Waals surface area contributed by atoms with Crippen molar-refractivity contribution in [1.82, 2.24) is 9.88 Å². The van der Waals surface area contributed by atoms with Crippen LogP contribution in [0, 0.1) is 0 Å². The lowest BCUT2D eigenvalue weighted by Crippen LogP contribution is -2.35. The molecule has 0 unspecified atom stereocenters. The van der Waals surface area contributed by atoms with Gasteiger partial charge in [0.2, 0.25) is 17.7 Å². The van der Waals surface area contributed by atoms with Crippen molar-refractivity contribution in [3.8, 4) is 0 Å². The van der Waals surface area contributed by atoms with Gasteiger partial charge in [-0.3, -0.25) is 14.4 Å². The van der Waals surface area contributed by atoms with Crippen molar-refractivity contribution >= 4 is 39.3 Å². The second kappa shape index (κ2) is 6.72. The molecule has 1 aromatic heterocycles. The first-order chi connectivity index (χ1) is 9.18. The molecule has 0 atom stereocenters. The van der Waals surface area contributed by atoms with Crippen LogP contribution >= 0.6 is 21.6 Å². The summed E-state index contributed by atoms with van der Waals surface area (Å²) in [4.78, 5) is 39.3. The van der Waals surface area contributed by atoms with Crippen LogP contribution in [0.4, 0.5) is 0 Å². The number of rotatable bonds is 5. The molecule has 0 aliphatic carbocycles. The van der Waals surface area contributed by atoms with Gasteiger partial charge in [-0.05, 0) is 22.9 Å². The van der Waals surface area contributed by atoms with Gasteiger partial charge in [-0.25, -0.2) is 9.88 Å². The lowest BCUT2D eigenvalue weighted by molar-refractivity contribution is -0.149. The molecule has 0 bridgehead atoms. The molecule has 3 amide bonds. The number of hydrogen-bond donors (Lipinski definition) is 0. The minimum absolute atomic E-state index is 0.153. The second-order valence-electron chi connectivity index (χ2n) is 3.84. The molecule has 1 aromatic rings. The van der Waals surface area contributed by atoms with Crippen LogP contribution in [0.1, 0.15) is 19.3 Å². The fourth-order valence-corrected chi connectivity index (χ4v) is 3.45. The van der Waals surface area contributed by atoms with Crippen LogP contribution in [0.2, 0.25) is 0 Å².